The maximum absolute atomic E-state index is 12.7. The number of nitrogens with one attached hydrogen (secondary N) is 1. The van der Waals surface area contributed by atoms with Crippen molar-refractivity contribution in [1.29, 1.82) is 0 Å². The van der Waals surface area contributed by atoms with Gasteiger partial charge in [-0.25, -0.2) is 4.79 Å². The molecule has 0 aliphatic rings. The molecule has 10 heteroatoms. The van der Waals surface area contributed by atoms with Gasteiger partial charge in [0.1, 0.15) is 0 Å². The lowest BCUT2D eigenvalue weighted by Gasteiger charge is -2.08. The molecule has 2 heterocycles. The number of hydrogen-bond donors (Lipinski definition) is 1. The van der Waals surface area contributed by atoms with E-state index in [1.54, 1.807) is 12.1 Å². The average molecular weight is 475 g/mol. The summed E-state index contributed by atoms with van der Waals surface area (Å²) in [6.45, 7) is 6.14. The monoisotopic (exact) mass is 474 g/mol. The van der Waals surface area contributed by atoms with Crippen molar-refractivity contribution >= 4 is 11.6 Å². The van der Waals surface area contributed by atoms with Crippen LogP contribution in [-0.2, 0) is 18.3 Å². The maximum atomic E-state index is 12.7. The molecule has 0 radical (unpaired) electrons. The molecule has 4 aromatic rings. The molecule has 0 aliphatic carbocycles. The number of amides is 1. The standard InChI is InChI=1S/C25H26N6O4/c1-15(2)17-7-9-18(10-8-17)26-20(32)13-14-21-27-23(29-35-21)22-24(33)30(4)25(34)31(28-22)19-11-5-16(3)6-12-19/h5-12,15H,13-14H2,1-4H3,(H,26,32). The molecule has 4 rings (SSSR count). The van der Waals surface area contributed by atoms with Gasteiger partial charge in [0.2, 0.25) is 17.6 Å². The van der Waals surface area contributed by atoms with Gasteiger partial charge in [-0.1, -0.05) is 48.8 Å². The summed E-state index contributed by atoms with van der Waals surface area (Å²) in [4.78, 5) is 41.8. The first-order valence-electron chi connectivity index (χ1n) is 11.2. The molecule has 35 heavy (non-hydrogen) atoms. The van der Waals surface area contributed by atoms with Crippen molar-refractivity contribution in [3.05, 3.63) is 86.4 Å². The van der Waals surface area contributed by atoms with Crippen molar-refractivity contribution < 1.29 is 9.32 Å². The first kappa shape index (κ1) is 23.8. The molecule has 2 aromatic heterocycles. The summed E-state index contributed by atoms with van der Waals surface area (Å²) in [5.41, 5.74) is 2.05. The minimum absolute atomic E-state index is 0.0499. The Hall–Kier alpha value is -4.34. The second-order valence-corrected chi connectivity index (χ2v) is 8.58. The largest absolute Gasteiger partial charge is 0.351 e. The summed E-state index contributed by atoms with van der Waals surface area (Å²) >= 11 is 0. The van der Waals surface area contributed by atoms with Gasteiger partial charge in [0.15, 0.2) is 5.69 Å². The second-order valence-electron chi connectivity index (χ2n) is 8.58. The molecule has 0 saturated carbocycles. The molecule has 0 aliphatic heterocycles. The van der Waals surface area contributed by atoms with Gasteiger partial charge in [-0.3, -0.25) is 14.2 Å². The zero-order valence-electron chi connectivity index (χ0n) is 20.0. The van der Waals surface area contributed by atoms with E-state index in [4.69, 9.17) is 4.52 Å². The number of aromatic nitrogens is 5. The molecular formula is C25H26N6O4. The minimum atomic E-state index is -0.645. The van der Waals surface area contributed by atoms with E-state index in [-0.39, 0.29) is 36.2 Å². The topological polar surface area (TPSA) is 125 Å². The van der Waals surface area contributed by atoms with Crippen LogP contribution in [0.3, 0.4) is 0 Å². The van der Waals surface area contributed by atoms with Crippen molar-refractivity contribution in [3.8, 4) is 17.2 Å². The van der Waals surface area contributed by atoms with Gasteiger partial charge in [0.05, 0.1) is 5.69 Å². The molecule has 0 bridgehead atoms. The number of carbonyl (C=O) groups excluding carboxylic acids is 1. The van der Waals surface area contributed by atoms with Crippen LogP contribution in [0.4, 0.5) is 5.69 Å². The first-order chi connectivity index (χ1) is 16.7. The lowest BCUT2D eigenvalue weighted by molar-refractivity contribution is -0.116. The molecule has 0 fully saturated rings. The van der Waals surface area contributed by atoms with Crippen LogP contribution < -0.4 is 16.6 Å². The molecule has 0 saturated heterocycles. The van der Waals surface area contributed by atoms with E-state index in [1.165, 1.54) is 12.6 Å². The smallest absolute Gasteiger partial charge is 0.339 e. The van der Waals surface area contributed by atoms with E-state index in [0.717, 1.165) is 14.8 Å². The number of anilines is 1. The van der Waals surface area contributed by atoms with Crippen molar-refractivity contribution in [2.45, 2.75) is 39.5 Å². The van der Waals surface area contributed by atoms with Gasteiger partial charge >= 0.3 is 5.69 Å². The molecule has 10 nitrogen and oxygen atoms in total. The molecule has 1 N–H and O–H groups in total. The third kappa shape index (κ3) is 5.26. The Bertz CT molecular complexity index is 1460. The summed E-state index contributed by atoms with van der Waals surface area (Å²) in [5.74, 6) is 0.339. The SMILES string of the molecule is Cc1ccc(-n2nc(-c3noc(CCC(=O)Nc4ccc(C(C)C)cc4)n3)c(=O)n(C)c2=O)cc1. The van der Waals surface area contributed by atoms with Gasteiger partial charge in [0.25, 0.3) is 5.56 Å². The van der Waals surface area contributed by atoms with Crippen molar-refractivity contribution in [2.24, 2.45) is 7.05 Å². The van der Waals surface area contributed by atoms with Crippen LogP contribution >= 0.6 is 0 Å². The van der Waals surface area contributed by atoms with Gasteiger partial charge in [-0.2, -0.15) is 14.8 Å². The van der Waals surface area contributed by atoms with Gasteiger partial charge in [-0.05, 0) is 42.7 Å². The minimum Gasteiger partial charge on any atom is -0.339 e. The van der Waals surface area contributed by atoms with Crippen LogP contribution in [0.5, 0.6) is 0 Å². The summed E-state index contributed by atoms with van der Waals surface area (Å²) in [7, 11) is 1.36. The van der Waals surface area contributed by atoms with Crippen LogP contribution in [0.15, 0.2) is 62.6 Å². The Labute approximate surface area is 201 Å². The zero-order chi connectivity index (χ0) is 25.1. The predicted molar refractivity (Wildman–Crippen MR) is 131 cm³/mol. The van der Waals surface area contributed by atoms with Crippen molar-refractivity contribution in [2.75, 3.05) is 5.32 Å². The Morgan fingerprint density at radius 1 is 1.06 bits per heavy atom. The van der Waals surface area contributed by atoms with E-state index in [1.807, 2.05) is 43.3 Å². The Morgan fingerprint density at radius 2 is 1.74 bits per heavy atom. The lowest BCUT2D eigenvalue weighted by atomic mass is 10.0. The molecule has 0 spiro atoms. The number of rotatable bonds is 7. The molecule has 0 unspecified atom stereocenters. The van der Waals surface area contributed by atoms with Crippen molar-refractivity contribution in [3.63, 3.8) is 0 Å². The fraction of sp³-hybridized carbons (Fsp3) is 0.280. The van der Waals surface area contributed by atoms with Crippen LogP contribution in [0.2, 0.25) is 0 Å². The number of aryl methyl sites for hydroxylation is 2. The third-order valence-electron chi connectivity index (χ3n) is 5.56. The van der Waals surface area contributed by atoms with E-state index >= 15 is 0 Å². The van der Waals surface area contributed by atoms with Crippen LogP contribution in [0.25, 0.3) is 17.2 Å². The highest BCUT2D eigenvalue weighted by Crippen LogP contribution is 2.17. The molecule has 0 atom stereocenters. The predicted octanol–water partition coefficient (Wildman–Crippen LogP) is 2.98. The fourth-order valence-corrected chi connectivity index (χ4v) is 3.42. The fourth-order valence-electron chi connectivity index (χ4n) is 3.42. The summed E-state index contributed by atoms with van der Waals surface area (Å²) < 4.78 is 7.29. The first-order valence-corrected chi connectivity index (χ1v) is 11.2. The number of carbonyl (C=O) groups is 1. The second kappa shape index (κ2) is 9.88. The van der Waals surface area contributed by atoms with Gasteiger partial charge in [0, 0.05) is 25.6 Å². The molecule has 180 valence electrons. The van der Waals surface area contributed by atoms with E-state index in [2.05, 4.69) is 34.4 Å². The highest BCUT2D eigenvalue weighted by atomic mass is 16.5. The number of benzene rings is 2. The lowest BCUT2D eigenvalue weighted by Crippen LogP contribution is -2.40. The van der Waals surface area contributed by atoms with E-state index in [0.29, 0.717) is 17.3 Å². The maximum Gasteiger partial charge on any atom is 0.351 e. The van der Waals surface area contributed by atoms with E-state index < -0.39 is 11.2 Å². The normalized spacial score (nSPS) is 11.1. The van der Waals surface area contributed by atoms with Crippen molar-refractivity contribution in [1.82, 2.24) is 24.5 Å². The quantitative estimate of drug-likeness (QED) is 0.436. The third-order valence-corrected chi connectivity index (χ3v) is 5.56. The number of hydrogen-bond acceptors (Lipinski definition) is 7. The van der Waals surface area contributed by atoms with Crippen LogP contribution in [0, 0.1) is 6.92 Å². The highest BCUT2D eigenvalue weighted by Gasteiger charge is 2.19. The van der Waals surface area contributed by atoms with Gasteiger partial charge in [-0.15, -0.1) is 0 Å². The average Bonchev–Trinajstić information content (AvgIpc) is 3.31. The Morgan fingerprint density at radius 3 is 2.40 bits per heavy atom. The highest BCUT2D eigenvalue weighted by molar-refractivity contribution is 5.90. The van der Waals surface area contributed by atoms with Crippen LogP contribution in [0.1, 0.15) is 43.2 Å². The summed E-state index contributed by atoms with van der Waals surface area (Å²) in [6.07, 6.45) is 0.294. The van der Waals surface area contributed by atoms with E-state index in [9.17, 15) is 14.4 Å². The Balaban J connectivity index is 1.49. The molecular weight excluding hydrogens is 448 g/mol. The summed E-state index contributed by atoms with van der Waals surface area (Å²) in [6, 6.07) is 14.8. The Kier molecular flexibility index (Phi) is 6.72. The molecule has 1 amide bonds. The number of nitrogens with zero attached hydrogens (tertiary/aromatic N) is 5. The van der Waals surface area contributed by atoms with Crippen LogP contribution in [-0.4, -0.2) is 30.4 Å². The summed E-state index contributed by atoms with van der Waals surface area (Å²) in [5, 5.41) is 10.9. The zero-order valence-corrected chi connectivity index (χ0v) is 20.0. The molecule has 2 aromatic carbocycles. The van der Waals surface area contributed by atoms with Gasteiger partial charge < -0.3 is 9.84 Å².